The topological polar surface area (TPSA) is 29.1 Å². The number of aryl methyl sites for hydroxylation is 1. The Morgan fingerprint density at radius 3 is 2.05 bits per heavy atom. The van der Waals surface area contributed by atoms with Crippen LogP contribution in [0.4, 0.5) is 18.9 Å². The van der Waals surface area contributed by atoms with Crippen molar-refractivity contribution >= 4 is 11.6 Å². The summed E-state index contributed by atoms with van der Waals surface area (Å²) in [5.41, 5.74) is 1.16. The third-order valence-corrected chi connectivity index (χ3v) is 3.09. The van der Waals surface area contributed by atoms with E-state index in [1.165, 1.54) is 12.1 Å². The Kier molecular flexibility index (Phi) is 4.31. The van der Waals surface area contributed by atoms with Gasteiger partial charge in [-0.25, -0.2) is 0 Å². The van der Waals surface area contributed by atoms with Crippen molar-refractivity contribution < 1.29 is 18.0 Å². The van der Waals surface area contributed by atoms with Gasteiger partial charge in [-0.15, -0.1) is 0 Å². The van der Waals surface area contributed by atoms with Crippen molar-refractivity contribution in [2.24, 2.45) is 0 Å². The summed E-state index contributed by atoms with van der Waals surface area (Å²) in [7, 11) is 0. The smallest absolute Gasteiger partial charge is 0.322 e. The van der Waals surface area contributed by atoms with E-state index in [0.717, 1.165) is 24.1 Å². The molecule has 0 heterocycles. The summed E-state index contributed by atoms with van der Waals surface area (Å²) >= 11 is 0. The summed E-state index contributed by atoms with van der Waals surface area (Å²) in [5, 5.41) is 2.57. The van der Waals surface area contributed by atoms with Gasteiger partial charge in [-0.05, 0) is 48.4 Å². The minimum absolute atomic E-state index is 0.326. The maximum Gasteiger partial charge on any atom is 0.416 e. The van der Waals surface area contributed by atoms with Crippen LogP contribution in [0, 0.1) is 0 Å². The molecule has 0 saturated carbocycles. The van der Waals surface area contributed by atoms with Crippen molar-refractivity contribution in [1.29, 1.82) is 0 Å². The van der Waals surface area contributed by atoms with Crippen LogP contribution in [0.25, 0.3) is 0 Å². The summed E-state index contributed by atoms with van der Waals surface area (Å²) in [6.07, 6.45) is -3.50. The zero-order valence-electron chi connectivity index (χ0n) is 11.4. The average molecular weight is 293 g/mol. The number of halogens is 3. The molecule has 2 nitrogen and oxygen atoms in total. The number of alkyl halides is 3. The lowest BCUT2D eigenvalue weighted by Crippen LogP contribution is -2.12. The van der Waals surface area contributed by atoms with Crippen molar-refractivity contribution in [2.75, 3.05) is 5.32 Å². The third-order valence-electron chi connectivity index (χ3n) is 3.09. The standard InChI is InChI=1S/C16H14F3NO/c1-2-11-3-5-12(6-4-11)15(21)20-14-9-7-13(8-10-14)16(17,18)19/h3-10H,2H2,1H3,(H,20,21). The predicted octanol–water partition coefficient (Wildman–Crippen LogP) is 4.52. The van der Waals surface area contributed by atoms with Gasteiger partial charge < -0.3 is 5.32 Å². The molecule has 0 aliphatic heterocycles. The molecule has 21 heavy (non-hydrogen) atoms. The monoisotopic (exact) mass is 293 g/mol. The second-order valence-corrected chi connectivity index (χ2v) is 4.58. The molecule has 2 aromatic rings. The van der Waals surface area contributed by atoms with Crippen LogP contribution in [0.15, 0.2) is 48.5 Å². The first-order valence-corrected chi connectivity index (χ1v) is 6.47. The molecule has 0 radical (unpaired) electrons. The highest BCUT2D eigenvalue weighted by molar-refractivity contribution is 6.04. The Balaban J connectivity index is 2.08. The molecule has 0 aromatic heterocycles. The SMILES string of the molecule is CCc1ccc(C(=O)Nc2ccc(C(F)(F)F)cc2)cc1. The number of carbonyl (C=O) groups is 1. The second kappa shape index (κ2) is 5.99. The lowest BCUT2D eigenvalue weighted by atomic mass is 10.1. The lowest BCUT2D eigenvalue weighted by Gasteiger charge is -2.09. The van der Waals surface area contributed by atoms with Crippen LogP contribution in [-0.2, 0) is 12.6 Å². The maximum absolute atomic E-state index is 12.4. The lowest BCUT2D eigenvalue weighted by molar-refractivity contribution is -0.137. The zero-order valence-corrected chi connectivity index (χ0v) is 11.4. The first-order valence-electron chi connectivity index (χ1n) is 6.47. The van der Waals surface area contributed by atoms with Gasteiger partial charge in [0.05, 0.1) is 5.56 Å². The van der Waals surface area contributed by atoms with E-state index in [4.69, 9.17) is 0 Å². The molecule has 1 N–H and O–H groups in total. The van der Waals surface area contributed by atoms with Gasteiger partial charge in [0.1, 0.15) is 0 Å². The van der Waals surface area contributed by atoms with Gasteiger partial charge in [-0.1, -0.05) is 19.1 Å². The number of rotatable bonds is 3. The molecule has 5 heteroatoms. The maximum atomic E-state index is 12.4. The van der Waals surface area contributed by atoms with Gasteiger partial charge in [-0.2, -0.15) is 13.2 Å². The normalized spacial score (nSPS) is 11.2. The first-order chi connectivity index (χ1) is 9.90. The summed E-state index contributed by atoms with van der Waals surface area (Å²) in [6.45, 7) is 2.01. The molecule has 0 spiro atoms. The van der Waals surface area contributed by atoms with Crippen LogP contribution in [0.2, 0.25) is 0 Å². The van der Waals surface area contributed by atoms with E-state index in [1.807, 2.05) is 19.1 Å². The molecule has 2 rings (SSSR count). The highest BCUT2D eigenvalue weighted by Crippen LogP contribution is 2.29. The van der Waals surface area contributed by atoms with E-state index < -0.39 is 11.7 Å². The Hall–Kier alpha value is -2.30. The van der Waals surface area contributed by atoms with E-state index in [1.54, 1.807) is 12.1 Å². The first kappa shape index (κ1) is 15.1. The highest BCUT2D eigenvalue weighted by Gasteiger charge is 2.29. The number of hydrogen-bond donors (Lipinski definition) is 1. The molecule has 0 aliphatic rings. The Morgan fingerprint density at radius 2 is 1.57 bits per heavy atom. The fourth-order valence-electron chi connectivity index (χ4n) is 1.84. The van der Waals surface area contributed by atoms with E-state index in [2.05, 4.69) is 5.32 Å². The van der Waals surface area contributed by atoms with Crippen LogP contribution >= 0.6 is 0 Å². The van der Waals surface area contributed by atoms with Gasteiger partial charge in [0.2, 0.25) is 0 Å². The van der Waals surface area contributed by atoms with Gasteiger partial charge >= 0.3 is 6.18 Å². The number of anilines is 1. The summed E-state index contributed by atoms with van der Waals surface area (Å²) < 4.78 is 37.3. The Labute approximate surface area is 120 Å². The average Bonchev–Trinajstić information content (AvgIpc) is 2.47. The summed E-state index contributed by atoms with van der Waals surface area (Å²) in [5.74, 6) is -0.350. The minimum Gasteiger partial charge on any atom is -0.322 e. The van der Waals surface area contributed by atoms with Crippen LogP contribution in [0.3, 0.4) is 0 Å². The van der Waals surface area contributed by atoms with Gasteiger partial charge in [0.15, 0.2) is 0 Å². The van der Waals surface area contributed by atoms with Crippen molar-refractivity contribution in [3.8, 4) is 0 Å². The number of benzene rings is 2. The van der Waals surface area contributed by atoms with Crippen LogP contribution in [0.1, 0.15) is 28.4 Å². The largest absolute Gasteiger partial charge is 0.416 e. The number of hydrogen-bond acceptors (Lipinski definition) is 1. The van der Waals surface area contributed by atoms with Crippen LogP contribution in [-0.4, -0.2) is 5.91 Å². The van der Waals surface area contributed by atoms with Crippen molar-refractivity contribution in [3.05, 3.63) is 65.2 Å². The Morgan fingerprint density at radius 1 is 1.00 bits per heavy atom. The highest BCUT2D eigenvalue weighted by atomic mass is 19.4. The molecule has 110 valence electrons. The summed E-state index contributed by atoms with van der Waals surface area (Å²) in [4.78, 5) is 12.0. The minimum atomic E-state index is -4.38. The number of carbonyl (C=O) groups excluding carboxylic acids is 1. The van der Waals surface area contributed by atoms with Gasteiger partial charge in [0, 0.05) is 11.3 Å². The fraction of sp³-hybridized carbons (Fsp3) is 0.188. The van der Waals surface area contributed by atoms with Gasteiger partial charge in [0.25, 0.3) is 5.91 Å². The van der Waals surface area contributed by atoms with E-state index in [-0.39, 0.29) is 5.91 Å². The number of amides is 1. The van der Waals surface area contributed by atoms with Gasteiger partial charge in [-0.3, -0.25) is 4.79 Å². The van der Waals surface area contributed by atoms with E-state index >= 15 is 0 Å². The molecule has 0 unspecified atom stereocenters. The quantitative estimate of drug-likeness (QED) is 0.885. The Bertz CT molecular complexity index is 615. The third kappa shape index (κ3) is 3.84. The molecule has 2 aromatic carbocycles. The second-order valence-electron chi connectivity index (χ2n) is 4.58. The molecule has 0 bridgehead atoms. The van der Waals surface area contributed by atoms with Crippen molar-refractivity contribution in [1.82, 2.24) is 0 Å². The number of nitrogens with one attached hydrogen (secondary N) is 1. The molecular formula is C16H14F3NO. The molecule has 0 fully saturated rings. The van der Waals surface area contributed by atoms with E-state index in [9.17, 15) is 18.0 Å². The predicted molar refractivity (Wildman–Crippen MR) is 75.2 cm³/mol. The molecule has 0 atom stereocenters. The van der Waals surface area contributed by atoms with E-state index in [0.29, 0.717) is 11.3 Å². The molecular weight excluding hydrogens is 279 g/mol. The molecule has 0 aliphatic carbocycles. The van der Waals surface area contributed by atoms with Crippen LogP contribution < -0.4 is 5.32 Å². The molecule has 0 saturated heterocycles. The van der Waals surface area contributed by atoms with Crippen molar-refractivity contribution in [2.45, 2.75) is 19.5 Å². The fourth-order valence-corrected chi connectivity index (χ4v) is 1.84. The summed E-state index contributed by atoms with van der Waals surface area (Å²) in [6, 6.07) is 11.4. The van der Waals surface area contributed by atoms with Crippen molar-refractivity contribution in [3.63, 3.8) is 0 Å². The van der Waals surface area contributed by atoms with Crippen LogP contribution in [0.5, 0.6) is 0 Å². The molecule has 1 amide bonds. The zero-order chi connectivity index (χ0) is 15.5.